The van der Waals surface area contributed by atoms with Crippen LogP contribution in [0.2, 0.25) is 0 Å². The second kappa shape index (κ2) is 7.31. The molecule has 1 aromatic rings. The number of carbonyl (C=O) groups is 1. The molecular formula is C14H18O5. The van der Waals surface area contributed by atoms with Crippen LogP contribution < -0.4 is 14.2 Å². The highest BCUT2D eigenvalue weighted by molar-refractivity contribution is 5.94. The highest BCUT2D eigenvalue weighted by atomic mass is 16.5. The fourth-order valence-electron chi connectivity index (χ4n) is 1.56. The first-order chi connectivity index (χ1) is 9.13. The van der Waals surface area contributed by atoms with Gasteiger partial charge in [0.1, 0.15) is 29.4 Å². The van der Waals surface area contributed by atoms with E-state index < -0.39 is 5.97 Å². The van der Waals surface area contributed by atoms with E-state index in [1.54, 1.807) is 0 Å². The summed E-state index contributed by atoms with van der Waals surface area (Å²) in [5.74, 6) is -0.187. The fraction of sp³-hybridized carbons (Fsp3) is 0.357. The molecule has 0 aliphatic heterocycles. The SMILES string of the molecule is CC/C=C\COc1cc(OC)c(C(=O)O)c(OC)c1. The monoisotopic (exact) mass is 266 g/mol. The van der Waals surface area contributed by atoms with E-state index in [1.165, 1.54) is 26.4 Å². The Labute approximate surface area is 112 Å². The number of carboxylic acid groups (broad SMARTS) is 1. The zero-order valence-electron chi connectivity index (χ0n) is 11.3. The average Bonchev–Trinajstić information content (AvgIpc) is 2.42. The van der Waals surface area contributed by atoms with E-state index in [1.807, 2.05) is 19.1 Å². The second-order valence-electron chi connectivity index (χ2n) is 3.70. The van der Waals surface area contributed by atoms with Crippen LogP contribution in [0.25, 0.3) is 0 Å². The minimum absolute atomic E-state index is 0.0125. The average molecular weight is 266 g/mol. The van der Waals surface area contributed by atoms with Gasteiger partial charge < -0.3 is 19.3 Å². The van der Waals surface area contributed by atoms with Gasteiger partial charge in [-0.25, -0.2) is 4.79 Å². The molecule has 0 bridgehead atoms. The lowest BCUT2D eigenvalue weighted by molar-refractivity contribution is 0.0689. The topological polar surface area (TPSA) is 65.0 Å². The van der Waals surface area contributed by atoms with Crippen LogP contribution in [0.1, 0.15) is 23.7 Å². The van der Waals surface area contributed by atoms with E-state index in [0.717, 1.165) is 6.42 Å². The van der Waals surface area contributed by atoms with Crippen molar-refractivity contribution in [1.82, 2.24) is 0 Å². The minimum atomic E-state index is -1.11. The van der Waals surface area contributed by atoms with Crippen molar-refractivity contribution in [3.63, 3.8) is 0 Å². The molecule has 0 heterocycles. The van der Waals surface area contributed by atoms with Gasteiger partial charge in [-0.05, 0) is 6.42 Å². The zero-order chi connectivity index (χ0) is 14.3. The minimum Gasteiger partial charge on any atom is -0.496 e. The molecule has 0 fully saturated rings. The van der Waals surface area contributed by atoms with Crippen molar-refractivity contribution in [1.29, 1.82) is 0 Å². The Hall–Kier alpha value is -2.17. The first kappa shape index (κ1) is 14.9. The Bertz CT molecular complexity index is 440. The van der Waals surface area contributed by atoms with Gasteiger partial charge in [-0.3, -0.25) is 0 Å². The standard InChI is InChI=1S/C14H18O5/c1-4-5-6-7-19-10-8-11(17-2)13(14(15)16)12(9-10)18-3/h5-6,8-9H,4,7H2,1-3H3,(H,15,16)/b6-5-. The molecule has 1 rings (SSSR count). The van der Waals surface area contributed by atoms with Crippen molar-refractivity contribution in [3.8, 4) is 17.2 Å². The predicted molar refractivity (Wildman–Crippen MR) is 71.4 cm³/mol. The molecule has 0 aromatic heterocycles. The summed E-state index contributed by atoms with van der Waals surface area (Å²) in [7, 11) is 2.81. The molecule has 1 aromatic carbocycles. The van der Waals surface area contributed by atoms with Gasteiger partial charge in [0.15, 0.2) is 0 Å². The summed E-state index contributed by atoms with van der Waals surface area (Å²) in [5, 5.41) is 9.13. The van der Waals surface area contributed by atoms with Gasteiger partial charge in [0.2, 0.25) is 0 Å². The van der Waals surface area contributed by atoms with Crippen molar-refractivity contribution < 1.29 is 24.1 Å². The molecule has 104 valence electrons. The van der Waals surface area contributed by atoms with Crippen molar-refractivity contribution >= 4 is 5.97 Å². The van der Waals surface area contributed by atoms with Crippen LogP contribution in [0.15, 0.2) is 24.3 Å². The number of aromatic carboxylic acids is 1. The van der Waals surface area contributed by atoms with Crippen LogP contribution in [0.4, 0.5) is 0 Å². The lowest BCUT2D eigenvalue weighted by atomic mass is 10.1. The number of benzene rings is 1. The van der Waals surface area contributed by atoms with Gasteiger partial charge in [-0.15, -0.1) is 0 Å². The smallest absolute Gasteiger partial charge is 0.343 e. The molecule has 0 saturated carbocycles. The number of allylic oxidation sites excluding steroid dienone is 1. The first-order valence-corrected chi connectivity index (χ1v) is 5.91. The molecule has 19 heavy (non-hydrogen) atoms. The molecule has 0 atom stereocenters. The predicted octanol–water partition coefficient (Wildman–Crippen LogP) is 2.75. The van der Waals surface area contributed by atoms with Crippen molar-refractivity contribution in [3.05, 3.63) is 29.8 Å². The molecule has 0 aliphatic carbocycles. The Kier molecular flexibility index (Phi) is 5.73. The highest BCUT2D eigenvalue weighted by Gasteiger charge is 2.19. The molecule has 5 nitrogen and oxygen atoms in total. The Morgan fingerprint density at radius 2 is 1.79 bits per heavy atom. The molecule has 0 unspecified atom stereocenters. The summed E-state index contributed by atoms with van der Waals surface area (Å²) in [6.07, 6.45) is 4.82. The lowest BCUT2D eigenvalue weighted by Gasteiger charge is -2.12. The molecule has 1 N–H and O–H groups in total. The summed E-state index contributed by atoms with van der Waals surface area (Å²) in [6.45, 7) is 2.44. The van der Waals surface area contributed by atoms with Gasteiger partial charge in [0.05, 0.1) is 14.2 Å². The third-order valence-electron chi connectivity index (χ3n) is 2.44. The summed E-state index contributed by atoms with van der Waals surface area (Å²) < 4.78 is 15.6. The van der Waals surface area contributed by atoms with E-state index in [4.69, 9.17) is 19.3 Å². The van der Waals surface area contributed by atoms with Crippen molar-refractivity contribution in [2.45, 2.75) is 13.3 Å². The quantitative estimate of drug-likeness (QED) is 0.769. The van der Waals surface area contributed by atoms with E-state index in [2.05, 4.69) is 0 Å². The van der Waals surface area contributed by atoms with Gasteiger partial charge >= 0.3 is 5.97 Å². The van der Waals surface area contributed by atoms with Crippen LogP contribution in [0.3, 0.4) is 0 Å². The fourth-order valence-corrected chi connectivity index (χ4v) is 1.56. The third-order valence-corrected chi connectivity index (χ3v) is 2.44. The number of hydrogen-bond donors (Lipinski definition) is 1. The number of carboxylic acids is 1. The molecule has 0 radical (unpaired) electrons. The molecular weight excluding hydrogens is 248 g/mol. The van der Waals surface area contributed by atoms with Crippen molar-refractivity contribution in [2.75, 3.05) is 20.8 Å². The van der Waals surface area contributed by atoms with Crippen LogP contribution in [0, 0.1) is 0 Å². The van der Waals surface area contributed by atoms with Gasteiger partial charge in [0.25, 0.3) is 0 Å². The largest absolute Gasteiger partial charge is 0.496 e. The number of ether oxygens (including phenoxy) is 3. The molecule has 0 spiro atoms. The Morgan fingerprint density at radius 3 is 2.21 bits per heavy atom. The number of methoxy groups -OCH3 is 2. The molecule has 5 heteroatoms. The van der Waals surface area contributed by atoms with Crippen molar-refractivity contribution in [2.24, 2.45) is 0 Å². The van der Waals surface area contributed by atoms with Gasteiger partial charge in [-0.1, -0.05) is 19.1 Å². The van der Waals surface area contributed by atoms with Crippen LogP contribution in [0.5, 0.6) is 17.2 Å². The van der Waals surface area contributed by atoms with Gasteiger partial charge in [-0.2, -0.15) is 0 Å². The Balaban J connectivity index is 3.02. The Morgan fingerprint density at radius 1 is 1.21 bits per heavy atom. The third kappa shape index (κ3) is 3.91. The van der Waals surface area contributed by atoms with Crippen LogP contribution >= 0.6 is 0 Å². The lowest BCUT2D eigenvalue weighted by Crippen LogP contribution is -2.05. The van der Waals surface area contributed by atoms with Gasteiger partial charge in [0, 0.05) is 12.1 Å². The second-order valence-corrected chi connectivity index (χ2v) is 3.70. The van der Waals surface area contributed by atoms with Crippen LogP contribution in [-0.4, -0.2) is 31.9 Å². The van der Waals surface area contributed by atoms with E-state index in [0.29, 0.717) is 12.4 Å². The maximum Gasteiger partial charge on any atom is 0.343 e. The molecule has 0 saturated heterocycles. The van der Waals surface area contributed by atoms with E-state index >= 15 is 0 Å². The maximum absolute atomic E-state index is 11.2. The van der Waals surface area contributed by atoms with E-state index in [9.17, 15) is 4.79 Å². The summed E-state index contributed by atoms with van der Waals surface area (Å²) >= 11 is 0. The summed E-state index contributed by atoms with van der Waals surface area (Å²) in [5.41, 5.74) is -0.0125. The summed E-state index contributed by atoms with van der Waals surface area (Å²) in [4.78, 5) is 11.2. The summed E-state index contributed by atoms with van der Waals surface area (Å²) in [6, 6.07) is 3.07. The highest BCUT2D eigenvalue weighted by Crippen LogP contribution is 2.34. The van der Waals surface area contributed by atoms with E-state index in [-0.39, 0.29) is 17.1 Å². The van der Waals surface area contributed by atoms with Crippen LogP contribution in [-0.2, 0) is 0 Å². The molecule has 0 aliphatic rings. The maximum atomic E-state index is 11.2. The molecule has 0 amide bonds. The normalized spacial score (nSPS) is 10.5. The zero-order valence-corrected chi connectivity index (χ0v) is 11.3. The number of hydrogen-bond acceptors (Lipinski definition) is 4. The first-order valence-electron chi connectivity index (χ1n) is 5.91. The number of rotatable bonds is 7.